The van der Waals surface area contributed by atoms with E-state index in [1.807, 2.05) is 19.1 Å². The zero-order valence-corrected chi connectivity index (χ0v) is 18.5. The number of nitrogens with zero attached hydrogens (tertiary/aromatic N) is 1. The monoisotopic (exact) mass is 524 g/mol. The number of phenolic OH excluding ortho intramolecular Hbond substituents is 1. The SMILES string of the molecule is Cc1ccc(NC(=O)CN2C(=O)SC(=Cc3cc(Br)c(O)c(Br)c3)C2=O)cc1. The molecule has 1 aliphatic heterocycles. The Labute approximate surface area is 182 Å². The Morgan fingerprint density at radius 2 is 1.79 bits per heavy atom. The van der Waals surface area contributed by atoms with Gasteiger partial charge in [-0.15, -0.1) is 0 Å². The second-order valence-electron chi connectivity index (χ2n) is 6.02. The average Bonchev–Trinajstić information content (AvgIpc) is 2.89. The van der Waals surface area contributed by atoms with Crippen LogP contribution in [0.25, 0.3) is 6.08 Å². The van der Waals surface area contributed by atoms with Crippen LogP contribution < -0.4 is 5.32 Å². The summed E-state index contributed by atoms with van der Waals surface area (Å²) in [6.07, 6.45) is 1.54. The third kappa shape index (κ3) is 4.65. The Kier molecular flexibility index (Phi) is 6.26. The second-order valence-corrected chi connectivity index (χ2v) is 8.72. The molecule has 3 rings (SSSR count). The standard InChI is InChI=1S/C19H14Br2N2O4S/c1-10-2-4-12(5-3-10)22-16(24)9-23-18(26)15(28-19(23)27)8-11-6-13(20)17(25)14(21)7-11/h2-8,25H,9H2,1H3,(H,22,24). The van der Waals surface area contributed by atoms with Crippen molar-refractivity contribution in [2.45, 2.75) is 6.92 Å². The maximum Gasteiger partial charge on any atom is 0.294 e. The van der Waals surface area contributed by atoms with Crippen LogP contribution in [-0.4, -0.2) is 33.6 Å². The van der Waals surface area contributed by atoms with Crippen LogP contribution in [0.3, 0.4) is 0 Å². The minimum atomic E-state index is -0.533. The number of benzene rings is 2. The molecule has 144 valence electrons. The van der Waals surface area contributed by atoms with Crippen molar-refractivity contribution in [3.63, 3.8) is 0 Å². The van der Waals surface area contributed by atoms with Crippen LogP contribution in [0.5, 0.6) is 5.75 Å². The fourth-order valence-electron chi connectivity index (χ4n) is 2.44. The van der Waals surface area contributed by atoms with Gasteiger partial charge in [0.1, 0.15) is 12.3 Å². The first-order valence-electron chi connectivity index (χ1n) is 8.04. The molecule has 2 aromatic carbocycles. The molecule has 0 atom stereocenters. The van der Waals surface area contributed by atoms with Crippen molar-refractivity contribution in [3.05, 3.63) is 61.4 Å². The summed E-state index contributed by atoms with van der Waals surface area (Å²) in [5.74, 6) is -0.949. The van der Waals surface area contributed by atoms with Crippen LogP contribution in [0, 0.1) is 6.92 Å². The minimum Gasteiger partial charge on any atom is -0.506 e. The Morgan fingerprint density at radius 1 is 1.18 bits per heavy atom. The number of aryl methyl sites for hydroxylation is 1. The summed E-state index contributed by atoms with van der Waals surface area (Å²) in [7, 11) is 0. The van der Waals surface area contributed by atoms with E-state index in [9.17, 15) is 19.5 Å². The molecule has 2 N–H and O–H groups in total. The van der Waals surface area contributed by atoms with E-state index >= 15 is 0 Å². The zero-order chi connectivity index (χ0) is 20.4. The summed E-state index contributed by atoms with van der Waals surface area (Å²) in [5.41, 5.74) is 2.27. The van der Waals surface area contributed by atoms with Crippen LogP contribution in [0.2, 0.25) is 0 Å². The van der Waals surface area contributed by atoms with Crippen LogP contribution in [-0.2, 0) is 9.59 Å². The smallest absolute Gasteiger partial charge is 0.294 e. The van der Waals surface area contributed by atoms with Crippen molar-refractivity contribution in [1.82, 2.24) is 4.90 Å². The van der Waals surface area contributed by atoms with Crippen molar-refractivity contribution >= 4 is 72.4 Å². The quantitative estimate of drug-likeness (QED) is 0.554. The summed E-state index contributed by atoms with van der Waals surface area (Å²) >= 11 is 7.21. The predicted molar refractivity (Wildman–Crippen MR) is 116 cm³/mol. The van der Waals surface area contributed by atoms with Gasteiger partial charge in [-0.05, 0) is 86.5 Å². The van der Waals surface area contributed by atoms with Crippen LogP contribution in [0.4, 0.5) is 10.5 Å². The fourth-order valence-corrected chi connectivity index (χ4v) is 4.50. The average molecular weight is 526 g/mol. The molecule has 1 saturated heterocycles. The van der Waals surface area contributed by atoms with Crippen molar-refractivity contribution in [2.24, 2.45) is 0 Å². The molecule has 0 unspecified atom stereocenters. The number of nitrogens with one attached hydrogen (secondary N) is 1. The van der Waals surface area contributed by atoms with Crippen molar-refractivity contribution in [2.75, 3.05) is 11.9 Å². The number of halogens is 2. The van der Waals surface area contributed by atoms with Crippen molar-refractivity contribution < 1.29 is 19.5 Å². The van der Waals surface area contributed by atoms with Gasteiger partial charge in [0.2, 0.25) is 5.91 Å². The Hall–Kier alpha value is -2.10. The lowest BCUT2D eigenvalue weighted by molar-refractivity contribution is -0.127. The normalized spacial score (nSPS) is 15.4. The summed E-state index contributed by atoms with van der Waals surface area (Å²) in [4.78, 5) is 38.1. The lowest BCUT2D eigenvalue weighted by Crippen LogP contribution is -2.36. The predicted octanol–water partition coefficient (Wildman–Crippen LogP) is 4.90. The van der Waals surface area contributed by atoms with Gasteiger partial charge in [-0.2, -0.15) is 0 Å². The number of carbonyl (C=O) groups is 3. The molecule has 28 heavy (non-hydrogen) atoms. The molecule has 6 nitrogen and oxygen atoms in total. The summed E-state index contributed by atoms with van der Waals surface area (Å²) < 4.78 is 0.898. The van der Waals surface area contributed by atoms with Crippen LogP contribution >= 0.6 is 43.6 Å². The highest BCUT2D eigenvalue weighted by Crippen LogP contribution is 2.36. The van der Waals surface area contributed by atoms with E-state index in [0.29, 0.717) is 20.2 Å². The highest BCUT2D eigenvalue weighted by molar-refractivity contribution is 9.11. The third-order valence-corrected chi connectivity index (χ3v) is 5.96. The van der Waals surface area contributed by atoms with Gasteiger partial charge in [0.25, 0.3) is 11.1 Å². The maximum atomic E-state index is 12.6. The highest BCUT2D eigenvalue weighted by Gasteiger charge is 2.36. The number of hydrogen-bond acceptors (Lipinski definition) is 5. The van der Waals surface area contributed by atoms with Gasteiger partial charge in [0, 0.05) is 5.69 Å². The topological polar surface area (TPSA) is 86.7 Å². The van der Waals surface area contributed by atoms with E-state index in [2.05, 4.69) is 37.2 Å². The van der Waals surface area contributed by atoms with Crippen molar-refractivity contribution in [1.29, 1.82) is 0 Å². The lowest BCUT2D eigenvalue weighted by Gasteiger charge is -2.12. The maximum absolute atomic E-state index is 12.6. The number of amides is 3. The number of thioether (sulfide) groups is 1. The van der Waals surface area contributed by atoms with Gasteiger partial charge < -0.3 is 10.4 Å². The minimum absolute atomic E-state index is 0.0398. The van der Waals surface area contributed by atoms with Gasteiger partial charge in [0.05, 0.1) is 13.9 Å². The van der Waals surface area contributed by atoms with Gasteiger partial charge in [-0.1, -0.05) is 17.7 Å². The second kappa shape index (κ2) is 8.50. The molecule has 1 aliphatic rings. The third-order valence-electron chi connectivity index (χ3n) is 3.85. The van der Waals surface area contributed by atoms with Gasteiger partial charge >= 0.3 is 0 Å². The molecule has 1 fully saturated rings. The molecule has 2 aromatic rings. The van der Waals surface area contributed by atoms with Gasteiger partial charge in [0.15, 0.2) is 0 Å². The van der Waals surface area contributed by atoms with E-state index < -0.39 is 17.1 Å². The molecule has 0 aromatic heterocycles. The number of hydrogen-bond donors (Lipinski definition) is 2. The first kappa shape index (κ1) is 20.6. The largest absolute Gasteiger partial charge is 0.506 e. The molecule has 3 amide bonds. The van der Waals surface area contributed by atoms with Crippen LogP contribution in [0.15, 0.2) is 50.2 Å². The number of imide groups is 1. The Morgan fingerprint density at radius 3 is 2.39 bits per heavy atom. The molecular weight excluding hydrogens is 512 g/mol. The zero-order valence-electron chi connectivity index (χ0n) is 14.5. The van der Waals surface area contributed by atoms with E-state index in [-0.39, 0.29) is 17.2 Å². The number of anilines is 1. The first-order valence-corrected chi connectivity index (χ1v) is 10.4. The molecular formula is C19H14Br2N2O4S. The summed E-state index contributed by atoms with van der Waals surface area (Å²) in [6.45, 7) is 1.57. The molecule has 0 spiro atoms. The van der Waals surface area contributed by atoms with Gasteiger partial charge in [-0.25, -0.2) is 0 Å². The number of phenols is 1. The first-order chi connectivity index (χ1) is 13.2. The molecule has 9 heteroatoms. The lowest BCUT2D eigenvalue weighted by atomic mass is 10.2. The Balaban J connectivity index is 1.72. The van der Waals surface area contributed by atoms with E-state index in [1.165, 1.54) is 6.08 Å². The molecule has 0 saturated carbocycles. The highest BCUT2D eigenvalue weighted by atomic mass is 79.9. The molecule has 1 heterocycles. The number of rotatable bonds is 4. The van der Waals surface area contributed by atoms with Crippen LogP contribution in [0.1, 0.15) is 11.1 Å². The van der Waals surface area contributed by atoms with E-state index in [0.717, 1.165) is 22.2 Å². The molecule has 0 bridgehead atoms. The number of carbonyl (C=O) groups excluding carboxylic acids is 3. The van der Waals surface area contributed by atoms with Crippen molar-refractivity contribution in [3.8, 4) is 5.75 Å². The van der Waals surface area contributed by atoms with E-state index in [1.54, 1.807) is 24.3 Å². The fraction of sp³-hybridized carbons (Fsp3) is 0.105. The molecule has 0 radical (unpaired) electrons. The summed E-state index contributed by atoms with van der Waals surface area (Å²) in [5, 5.41) is 11.9. The molecule has 0 aliphatic carbocycles. The number of aromatic hydroxyl groups is 1. The summed E-state index contributed by atoms with van der Waals surface area (Å²) in [6, 6.07) is 10.5. The Bertz CT molecular complexity index is 982. The van der Waals surface area contributed by atoms with E-state index in [4.69, 9.17) is 0 Å². The van der Waals surface area contributed by atoms with Gasteiger partial charge in [-0.3, -0.25) is 19.3 Å².